The van der Waals surface area contributed by atoms with Crippen molar-refractivity contribution in [1.82, 2.24) is 0 Å². The molecule has 0 aliphatic heterocycles. The molecular weight excluding hydrogens is 428 g/mol. The largest absolute Gasteiger partial charge is 0.472 e. The second kappa shape index (κ2) is 9.82. The molecule has 3 rings (SSSR count). The molecule has 4 atom stereocenters. The van der Waals surface area contributed by atoms with Crippen molar-refractivity contribution < 1.29 is 26.4 Å². The fraction of sp³-hybridized carbons (Fsp3) is 0.720. The molecule has 0 spiro atoms. The number of hydrogen-bond acceptors (Lipinski definition) is 5. The summed E-state index contributed by atoms with van der Waals surface area (Å²) in [5, 5.41) is 0. The van der Waals surface area contributed by atoms with Crippen molar-refractivity contribution in [1.29, 1.82) is 0 Å². The van der Waals surface area contributed by atoms with Crippen LogP contribution in [0.4, 0.5) is 0 Å². The summed E-state index contributed by atoms with van der Waals surface area (Å²) < 4.78 is 41.4. The number of carbonyl (C=O) groups is 1. The average Bonchev–Trinajstić information content (AvgIpc) is 3.19. The topological polar surface area (TPSA) is 93.8 Å². The Kier molecular flexibility index (Phi) is 7.73. The van der Waals surface area contributed by atoms with Gasteiger partial charge < -0.3 is 4.42 Å². The molecule has 2 aliphatic carbocycles. The van der Waals surface area contributed by atoms with Gasteiger partial charge in [-0.1, -0.05) is 33.3 Å². The van der Waals surface area contributed by atoms with E-state index < -0.39 is 10.4 Å². The fourth-order valence-corrected chi connectivity index (χ4v) is 6.23. The molecule has 6 nitrogen and oxygen atoms in total. The minimum Gasteiger partial charge on any atom is -0.472 e. The van der Waals surface area contributed by atoms with E-state index in [0.717, 1.165) is 50.5 Å². The fourth-order valence-electron chi connectivity index (χ4n) is 5.86. The number of allylic oxidation sites excluding steroid dienone is 2. The molecule has 1 fully saturated rings. The minimum atomic E-state index is -4.47. The molecule has 1 saturated carbocycles. The molecule has 0 saturated heterocycles. The molecule has 7 heteroatoms. The third kappa shape index (κ3) is 6.12. The lowest BCUT2D eigenvalue weighted by atomic mass is 9.52. The van der Waals surface area contributed by atoms with E-state index in [1.807, 2.05) is 12.1 Å². The molecule has 0 radical (unpaired) electrons. The van der Waals surface area contributed by atoms with Crippen molar-refractivity contribution >= 4 is 16.2 Å². The summed E-state index contributed by atoms with van der Waals surface area (Å²) in [5.74, 6) is 1.07. The van der Waals surface area contributed by atoms with E-state index in [9.17, 15) is 13.2 Å². The second-order valence-corrected chi connectivity index (χ2v) is 11.9. The minimum absolute atomic E-state index is 0.00105. The predicted octanol–water partition coefficient (Wildman–Crippen LogP) is 5.80. The first kappa shape index (κ1) is 25.2. The molecule has 2 aliphatic rings. The quantitative estimate of drug-likeness (QED) is 0.438. The van der Waals surface area contributed by atoms with Gasteiger partial charge in [0.1, 0.15) is 0 Å². The van der Waals surface area contributed by atoms with Crippen molar-refractivity contribution in [2.75, 3.05) is 6.61 Å². The molecule has 0 aromatic carbocycles. The molecule has 1 aromatic heterocycles. The van der Waals surface area contributed by atoms with Crippen LogP contribution in [0.2, 0.25) is 0 Å². The third-order valence-electron chi connectivity index (χ3n) is 8.08. The maximum absolute atomic E-state index is 12.5. The standard InChI is InChI=1S/C25H38O6S/c1-18-8-9-22-23(14-21(26)15-24(22,2)3)25(18,4)12-10-19(17-31-32(27,28)29)6-5-7-20-11-13-30-16-20/h11,13-14,16,18-19,22H,5-10,12,15,17H2,1-4H3,(H,27,28,29)/t18-,19?,22?,25?/m0/s1. The van der Waals surface area contributed by atoms with Gasteiger partial charge in [-0.05, 0) is 91.2 Å². The Bertz CT molecular complexity index is 914. The molecule has 1 heterocycles. The number of ketones is 1. The Morgan fingerprint density at radius 3 is 2.66 bits per heavy atom. The van der Waals surface area contributed by atoms with E-state index in [0.29, 0.717) is 18.3 Å². The number of furan rings is 1. The van der Waals surface area contributed by atoms with E-state index >= 15 is 0 Å². The highest BCUT2D eigenvalue weighted by Gasteiger charge is 2.49. The first-order valence-corrected chi connectivity index (χ1v) is 13.1. The molecule has 1 N–H and O–H groups in total. The lowest BCUT2D eigenvalue weighted by molar-refractivity contribution is -0.118. The van der Waals surface area contributed by atoms with Crippen LogP contribution in [0.15, 0.2) is 34.7 Å². The van der Waals surface area contributed by atoms with E-state index in [2.05, 4.69) is 27.7 Å². The van der Waals surface area contributed by atoms with Crippen LogP contribution in [0.25, 0.3) is 0 Å². The van der Waals surface area contributed by atoms with Gasteiger partial charge in [0, 0.05) is 6.42 Å². The van der Waals surface area contributed by atoms with Crippen molar-refractivity contribution in [2.45, 2.75) is 79.1 Å². The van der Waals surface area contributed by atoms with Gasteiger partial charge in [-0.15, -0.1) is 0 Å². The normalized spacial score (nSPS) is 28.8. The van der Waals surface area contributed by atoms with Gasteiger partial charge in [-0.2, -0.15) is 8.42 Å². The van der Waals surface area contributed by atoms with E-state index in [-0.39, 0.29) is 29.1 Å². The highest BCUT2D eigenvalue weighted by atomic mass is 32.3. The summed E-state index contributed by atoms with van der Waals surface area (Å²) in [5.41, 5.74) is 2.27. The zero-order chi connectivity index (χ0) is 23.6. The van der Waals surface area contributed by atoms with Crippen LogP contribution in [0.3, 0.4) is 0 Å². The number of rotatable bonds is 10. The Morgan fingerprint density at radius 2 is 2.00 bits per heavy atom. The van der Waals surface area contributed by atoms with Crippen LogP contribution >= 0.6 is 0 Å². The van der Waals surface area contributed by atoms with Crippen molar-refractivity contribution in [3.8, 4) is 0 Å². The predicted molar refractivity (Wildman–Crippen MR) is 123 cm³/mol. The monoisotopic (exact) mass is 466 g/mol. The van der Waals surface area contributed by atoms with Crippen LogP contribution in [0, 0.1) is 28.6 Å². The molecule has 3 unspecified atom stereocenters. The maximum Gasteiger partial charge on any atom is 0.397 e. The lowest BCUT2D eigenvalue weighted by Gasteiger charge is -2.53. The third-order valence-corrected chi connectivity index (χ3v) is 8.52. The van der Waals surface area contributed by atoms with Crippen molar-refractivity contribution in [3.63, 3.8) is 0 Å². The van der Waals surface area contributed by atoms with Crippen LogP contribution in [0.5, 0.6) is 0 Å². The summed E-state index contributed by atoms with van der Waals surface area (Å²) in [6, 6.07) is 1.93. The average molecular weight is 467 g/mol. The molecule has 180 valence electrons. The van der Waals surface area contributed by atoms with Gasteiger partial charge in [0.25, 0.3) is 0 Å². The van der Waals surface area contributed by atoms with Crippen molar-refractivity contribution in [3.05, 3.63) is 35.8 Å². The van der Waals surface area contributed by atoms with Gasteiger partial charge in [0.15, 0.2) is 5.78 Å². The van der Waals surface area contributed by atoms with Crippen LogP contribution in [0.1, 0.15) is 78.2 Å². The van der Waals surface area contributed by atoms with E-state index in [4.69, 9.17) is 13.2 Å². The zero-order valence-corrected chi connectivity index (χ0v) is 20.6. The summed E-state index contributed by atoms with van der Waals surface area (Å²) in [6.45, 7) is 8.93. The molecule has 0 amide bonds. The van der Waals surface area contributed by atoms with Crippen LogP contribution in [-0.2, 0) is 25.8 Å². The number of fused-ring (bicyclic) bond motifs is 1. The molecule has 0 bridgehead atoms. The van der Waals surface area contributed by atoms with Gasteiger partial charge in [0.05, 0.1) is 19.1 Å². The summed E-state index contributed by atoms with van der Waals surface area (Å²) >= 11 is 0. The zero-order valence-electron chi connectivity index (χ0n) is 19.8. The molecular formula is C25H38O6S. The smallest absolute Gasteiger partial charge is 0.397 e. The van der Waals surface area contributed by atoms with Gasteiger partial charge in [0.2, 0.25) is 0 Å². The van der Waals surface area contributed by atoms with Crippen LogP contribution in [-0.4, -0.2) is 25.4 Å². The highest BCUT2D eigenvalue weighted by Crippen LogP contribution is 2.57. The number of aryl methyl sites for hydroxylation is 1. The first-order chi connectivity index (χ1) is 14.9. The van der Waals surface area contributed by atoms with E-state index in [1.165, 1.54) is 5.57 Å². The highest BCUT2D eigenvalue weighted by molar-refractivity contribution is 7.80. The number of carbonyl (C=O) groups excluding carboxylic acids is 1. The first-order valence-electron chi connectivity index (χ1n) is 11.8. The SMILES string of the molecule is C[C@H]1CCC2C(=CC(=O)CC2(C)C)C1(C)CCC(CCCc1ccoc1)COS(=O)(=O)O. The maximum atomic E-state index is 12.5. The van der Waals surface area contributed by atoms with Gasteiger partial charge >= 0.3 is 10.4 Å². The van der Waals surface area contributed by atoms with Crippen LogP contribution < -0.4 is 0 Å². The molecule has 32 heavy (non-hydrogen) atoms. The Balaban J connectivity index is 1.72. The van der Waals surface area contributed by atoms with E-state index in [1.54, 1.807) is 12.5 Å². The molecule has 1 aromatic rings. The Hall–Kier alpha value is -1.44. The second-order valence-electron chi connectivity index (χ2n) is 10.8. The Labute approximate surface area is 192 Å². The lowest BCUT2D eigenvalue weighted by Crippen LogP contribution is -2.44. The summed E-state index contributed by atoms with van der Waals surface area (Å²) in [4.78, 5) is 12.5. The summed E-state index contributed by atoms with van der Waals surface area (Å²) in [7, 11) is -4.47. The van der Waals surface area contributed by atoms with Crippen molar-refractivity contribution in [2.24, 2.45) is 28.6 Å². The van der Waals surface area contributed by atoms with Gasteiger partial charge in [-0.25, -0.2) is 4.18 Å². The van der Waals surface area contributed by atoms with Gasteiger partial charge in [-0.3, -0.25) is 9.35 Å². The Morgan fingerprint density at radius 1 is 1.25 bits per heavy atom. The summed E-state index contributed by atoms with van der Waals surface area (Å²) in [6.07, 6.45) is 12.3. The number of hydrogen-bond donors (Lipinski definition) is 1.